The van der Waals surface area contributed by atoms with Gasteiger partial charge in [-0.15, -0.1) is 11.6 Å². The Morgan fingerprint density at radius 2 is 1.41 bits per heavy atom. The van der Waals surface area contributed by atoms with E-state index in [4.69, 9.17) is 11.6 Å². The van der Waals surface area contributed by atoms with Crippen molar-refractivity contribution in [1.82, 2.24) is 4.90 Å². The highest BCUT2D eigenvalue weighted by Crippen LogP contribution is 2.53. The minimum absolute atomic E-state index is 0.834. The molecule has 0 radical (unpaired) electrons. The van der Waals surface area contributed by atoms with Gasteiger partial charge in [-0.3, -0.25) is 4.90 Å². The van der Waals surface area contributed by atoms with Crippen LogP contribution in [-0.2, 0) is 0 Å². The Labute approximate surface area is 173 Å². The average molecular weight is 392 g/mol. The van der Waals surface area contributed by atoms with Crippen LogP contribution in [0.5, 0.6) is 0 Å². The Hall–Kier alpha value is 0.250. The topological polar surface area (TPSA) is 3.24 Å². The molecule has 0 N–H and O–H groups in total. The fourth-order valence-corrected chi connectivity index (χ4v) is 9.08. The Morgan fingerprint density at radius 1 is 0.667 bits per heavy atom. The van der Waals surface area contributed by atoms with Crippen molar-refractivity contribution in [1.29, 1.82) is 0 Å². The summed E-state index contributed by atoms with van der Waals surface area (Å²) in [6.45, 7) is 1.15. The van der Waals surface area contributed by atoms with E-state index in [0.29, 0.717) is 0 Å². The zero-order valence-corrected chi connectivity index (χ0v) is 18.2. The highest BCUT2D eigenvalue weighted by Gasteiger charge is 2.51. The Balaban J connectivity index is 1.25. The molecular formula is C25H42ClN. The molecule has 4 aliphatic carbocycles. The lowest BCUT2D eigenvalue weighted by Crippen LogP contribution is -2.42. The van der Waals surface area contributed by atoms with E-state index in [-0.39, 0.29) is 0 Å². The lowest BCUT2D eigenvalue weighted by molar-refractivity contribution is 0.0658. The number of hydrogen-bond donors (Lipinski definition) is 0. The summed E-state index contributed by atoms with van der Waals surface area (Å²) < 4.78 is 0. The van der Waals surface area contributed by atoms with Crippen molar-refractivity contribution in [3.63, 3.8) is 0 Å². The maximum atomic E-state index is 6.22. The van der Waals surface area contributed by atoms with Gasteiger partial charge in [-0.2, -0.15) is 0 Å². The first kappa shape index (κ1) is 19.2. The molecule has 5 aliphatic rings. The Morgan fingerprint density at radius 3 is 2.30 bits per heavy atom. The molecule has 5 rings (SSSR count). The van der Waals surface area contributed by atoms with Crippen molar-refractivity contribution >= 4 is 11.6 Å². The monoisotopic (exact) mass is 391 g/mol. The third-order valence-electron chi connectivity index (χ3n) is 9.86. The van der Waals surface area contributed by atoms with Crippen LogP contribution in [0.1, 0.15) is 96.3 Å². The second-order valence-corrected chi connectivity index (χ2v) is 11.4. The molecule has 2 heteroatoms. The van der Waals surface area contributed by atoms with Gasteiger partial charge in [-0.25, -0.2) is 0 Å². The van der Waals surface area contributed by atoms with Gasteiger partial charge in [0.15, 0.2) is 0 Å². The van der Waals surface area contributed by atoms with Crippen molar-refractivity contribution in [2.24, 2.45) is 35.5 Å². The van der Waals surface area contributed by atoms with Crippen molar-refractivity contribution in [2.45, 2.75) is 108 Å². The second-order valence-electron chi connectivity index (χ2n) is 11.0. The Kier molecular flexibility index (Phi) is 6.09. The summed E-state index contributed by atoms with van der Waals surface area (Å²) in [7, 11) is 0. The zero-order valence-electron chi connectivity index (χ0n) is 17.5. The van der Waals surface area contributed by atoms with Crippen LogP contribution in [-0.4, -0.2) is 29.4 Å². The van der Waals surface area contributed by atoms with Gasteiger partial charge in [0.1, 0.15) is 0 Å². The molecule has 4 saturated carbocycles. The molecule has 0 aromatic rings. The first-order valence-electron chi connectivity index (χ1n) is 12.7. The summed E-state index contributed by atoms with van der Waals surface area (Å²) in [5.41, 5.74) is 0. The Bertz CT molecular complexity index is 491. The summed E-state index contributed by atoms with van der Waals surface area (Å²) in [6.07, 6.45) is 23.0. The van der Waals surface area contributed by atoms with E-state index in [1.165, 1.54) is 51.4 Å². The predicted octanol–water partition coefficient (Wildman–Crippen LogP) is 6.88. The van der Waals surface area contributed by atoms with E-state index in [1.54, 1.807) is 44.9 Å². The number of halogens is 1. The summed E-state index contributed by atoms with van der Waals surface area (Å²) in [5, 5.41) is 0. The highest BCUT2D eigenvalue weighted by molar-refractivity contribution is 6.18. The van der Waals surface area contributed by atoms with E-state index < -0.39 is 0 Å². The lowest BCUT2D eigenvalue weighted by atomic mass is 9.61. The number of fused-ring (bicyclic) bond motifs is 4. The highest BCUT2D eigenvalue weighted by atomic mass is 35.5. The average Bonchev–Trinajstić information content (AvgIpc) is 3.02. The number of alkyl halides is 1. The van der Waals surface area contributed by atoms with Crippen LogP contribution in [0.25, 0.3) is 0 Å². The molecule has 1 aliphatic heterocycles. The van der Waals surface area contributed by atoms with Crippen LogP contribution in [0.2, 0.25) is 0 Å². The van der Waals surface area contributed by atoms with E-state index in [9.17, 15) is 0 Å². The summed E-state index contributed by atoms with van der Waals surface area (Å²) in [6, 6.07) is 1.78. The molecule has 0 bridgehead atoms. The van der Waals surface area contributed by atoms with E-state index in [1.807, 2.05) is 0 Å². The van der Waals surface area contributed by atoms with Crippen LogP contribution in [0.4, 0.5) is 0 Å². The molecule has 1 saturated heterocycles. The fraction of sp³-hybridized carbons (Fsp3) is 1.00. The van der Waals surface area contributed by atoms with Gasteiger partial charge >= 0.3 is 0 Å². The smallest absolute Gasteiger partial charge is 0.0351 e. The molecule has 0 spiro atoms. The molecule has 8 atom stereocenters. The molecule has 1 nitrogen and oxygen atoms in total. The number of rotatable bonds is 4. The van der Waals surface area contributed by atoms with Gasteiger partial charge in [0, 0.05) is 24.5 Å². The molecule has 154 valence electrons. The minimum Gasteiger partial charge on any atom is -0.296 e. The second kappa shape index (κ2) is 8.55. The van der Waals surface area contributed by atoms with Gasteiger partial charge in [0.2, 0.25) is 0 Å². The van der Waals surface area contributed by atoms with Crippen LogP contribution in [0.15, 0.2) is 0 Å². The quantitative estimate of drug-likeness (QED) is 0.472. The maximum absolute atomic E-state index is 6.22. The third kappa shape index (κ3) is 3.74. The maximum Gasteiger partial charge on any atom is 0.0351 e. The molecule has 8 unspecified atom stereocenters. The van der Waals surface area contributed by atoms with Crippen LogP contribution < -0.4 is 0 Å². The fourth-order valence-electron chi connectivity index (χ4n) is 8.89. The van der Waals surface area contributed by atoms with Crippen molar-refractivity contribution < 1.29 is 0 Å². The van der Waals surface area contributed by atoms with Gasteiger partial charge in [-0.1, -0.05) is 51.4 Å². The van der Waals surface area contributed by atoms with Crippen molar-refractivity contribution in [3.05, 3.63) is 0 Å². The largest absolute Gasteiger partial charge is 0.296 e. The van der Waals surface area contributed by atoms with Crippen LogP contribution in [0.3, 0.4) is 0 Å². The summed E-state index contributed by atoms with van der Waals surface area (Å²) in [4.78, 5) is 2.90. The first-order valence-corrected chi connectivity index (χ1v) is 13.2. The normalized spacial score (nSPS) is 47.9. The predicted molar refractivity (Wildman–Crippen MR) is 115 cm³/mol. The molecule has 1 heterocycles. The molecule has 0 amide bonds. The van der Waals surface area contributed by atoms with Gasteiger partial charge < -0.3 is 0 Å². The van der Waals surface area contributed by atoms with Gasteiger partial charge in [0.25, 0.3) is 0 Å². The van der Waals surface area contributed by atoms with E-state index in [0.717, 1.165) is 60.0 Å². The molecule has 27 heavy (non-hydrogen) atoms. The van der Waals surface area contributed by atoms with Crippen LogP contribution >= 0.6 is 11.6 Å². The van der Waals surface area contributed by atoms with Crippen LogP contribution in [0, 0.1) is 35.5 Å². The van der Waals surface area contributed by atoms with E-state index in [2.05, 4.69) is 4.90 Å². The standard InChI is InChI=1S/C25H42ClN/c26-14-15-27-24-11-4-3-10-22(24)23-17-18(12-13-25(23)27)16-20-8-5-7-19-6-1-2-9-21(19)20/h18-25H,1-17H2. The summed E-state index contributed by atoms with van der Waals surface area (Å²) in [5.74, 6) is 7.24. The number of nitrogens with zero attached hydrogens (tertiary/aromatic N) is 1. The molecular weight excluding hydrogens is 350 g/mol. The third-order valence-corrected chi connectivity index (χ3v) is 10.0. The van der Waals surface area contributed by atoms with E-state index >= 15 is 0 Å². The molecule has 0 aromatic heterocycles. The van der Waals surface area contributed by atoms with Crippen molar-refractivity contribution in [3.8, 4) is 0 Å². The SMILES string of the molecule is ClCCN1C2CCCCC2C2CC(CC3CCCC4CCCCC43)CCC21. The van der Waals surface area contributed by atoms with Gasteiger partial charge in [-0.05, 0) is 80.5 Å². The number of likely N-dealkylation sites (tertiary alicyclic amines) is 1. The van der Waals surface area contributed by atoms with Crippen molar-refractivity contribution in [2.75, 3.05) is 12.4 Å². The van der Waals surface area contributed by atoms with Gasteiger partial charge in [0.05, 0.1) is 0 Å². The minimum atomic E-state index is 0.834. The summed E-state index contributed by atoms with van der Waals surface area (Å²) >= 11 is 6.22. The zero-order chi connectivity index (χ0) is 18.2. The first-order chi connectivity index (χ1) is 13.3. The number of hydrogen-bond acceptors (Lipinski definition) is 1. The molecule has 5 fully saturated rings. The lowest BCUT2D eigenvalue weighted by Gasteiger charge is -2.44. The molecule has 0 aromatic carbocycles.